The van der Waals surface area contributed by atoms with Gasteiger partial charge in [0.25, 0.3) is 5.89 Å². The van der Waals surface area contributed by atoms with Crippen LogP contribution in [0.3, 0.4) is 0 Å². The minimum absolute atomic E-state index is 0.185. The van der Waals surface area contributed by atoms with E-state index < -0.39 is 5.82 Å². The smallest absolute Gasteiger partial charge is 0.260 e. The third-order valence-electron chi connectivity index (χ3n) is 3.20. The van der Waals surface area contributed by atoms with E-state index >= 15 is 0 Å². The Morgan fingerprint density at radius 2 is 2.15 bits per heavy atom. The third kappa shape index (κ3) is 2.98. The number of piperazine rings is 1. The molecular weight excluding hydrogens is 283 g/mol. The maximum Gasteiger partial charge on any atom is 0.260 e. The predicted molar refractivity (Wildman–Crippen MR) is 72.8 cm³/mol. The normalized spacial score (nSPS) is 16.5. The molecule has 106 valence electrons. The van der Waals surface area contributed by atoms with Gasteiger partial charge in [0, 0.05) is 31.2 Å². The van der Waals surface area contributed by atoms with Crippen molar-refractivity contribution < 1.29 is 8.91 Å². The fraction of sp³-hybridized carbons (Fsp3) is 0.385. The van der Waals surface area contributed by atoms with E-state index in [0.29, 0.717) is 17.4 Å². The maximum atomic E-state index is 13.8. The van der Waals surface area contributed by atoms with Gasteiger partial charge < -0.3 is 9.84 Å². The van der Waals surface area contributed by atoms with Gasteiger partial charge in [0.05, 0.1) is 12.1 Å². The van der Waals surface area contributed by atoms with Gasteiger partial charge in [-0.2, -0.15) is 4.98 Å². The van der Waals surface area contributed by atoms with Gasteiger partial charge in [0.15, 0.2) is 5.82 Å². The summed E-state index contributed by atoms with van der Waals surface area (Å²) in [4.78, 5) is 6.47. The number of hydrogen-bond donors (Lipinski definition) is 1. The Morgan fingerprint density at radius 3 is 2.90 bits per heavy atom. The summed E-state index contributed by atoms with van der Waals surface area (Å²) in [5.41, 5.74) is 0.272. The molecule has 2 heterocycles. The molecule has 1 aliphatic heterocycles. The van der Waals surface area contributed by atoms with Crippen molar-refractivity contribution in [2.24, 2.45) is 0 Å². The van der Waals surface area contributed by atoms with Gasteiger partial charge in [-0.15, -0.1) is 0 Å². The standard InChI is InChI=1S/C13H14ClFN4O/c14-9-1-2-10(11(15)7-9)13-17-12(18-20-13)8-19-5-3-16-4-6-19/h1-2,7,16H,3-6,8H2. The van der Waals surface area contributed by atoms with Crippen LogP contribution in [0.1, 0.15) is 5.82 Å². The van der Waals surface area contributed by atoms with Crippen molar-refractivity contribution in [1.82, 2.24) is 20.4 Å². The molecule has 0 bridgehead atoms. The zero-order chi connectivity index (χ0) is 13.9. The summed E-state index contributed by atoms with van der Waals surface area (Å²) in [7, 11) is 0. The average Bonchev–Trinajstić information content (AvgIpc) is 2.88. The molecule has 0 unspecified atom stereocenters. The fourth-order valence-corrected chi connectivity index (χ4v) is 2.32. The fourth-order valence-electron chi connectivity index (χ4n) is 2.16. The third-order valence-corrected chi connectivity index (χ3v) is 3.44. The first-order valence-corrected chi connectivity index (χ1v) is 6.81. The van der Waals surface area contributed by atoms with Crippen LogP contribution in [0.4, 0.5) is 4.39 Å². The lowest BCUT2D eigenvalue weighted by Gasteiger charge is -2.25. The van der Waals surface area contributed by atoms with E-state index in [4.69, 9.17) is 16.1 Å². The van der Waals surface area contributed by atoms with E-state index in [1.165, 1.54) is 6.07 Å². The van der Waals surface area contributed by atoms with Crippen LogP contribution >= 0.6 is 11.6 Å². The molecule has 0 amide bonds. The molecule has 0 radical (unpaired) electrons. The number of rotatable bonds is 3. The quantitative estimate of drug-likeness (QED) is 0.938. The number of hydrogen-bond acceptors (Lipinski definition) is 5. The molecule has 5 nitrogen and oxygen atoms in total. The molecular formula is C13H14ClFN4O. The molecule has 3 rings (SSSR count). The first-order valence-electron chi connectivity index (χ1n) is 6.43. The molecule has 1 aromatic carbocycles. The first kappa shape index (κ1) is 13.5. The highest BCUT2D eigenvalue weighted by atomic mass is 35.5. The topological polar surface area (TPSA) is 54.2 Å². The van der Waals surface area contributed by atoms with E-state index in [1.54, 1.807) is 12.1 Å². The van der Waals surface area contributed by atoms with Gasteiger partial charge in [-0.05, 0) is 18.2 Å². The summed E-state index contributed by atoms with van der Waals surface area (Å²) in [6.45, 7) is 4.41. The summed E-state index contributed by atoms with van der Waals surface area (Å²) in [5, 5.41) is 7.52. The lowest BCUT2D eigenvalue weighted by atomic mass is 10.2. The Labute approximate surface area is 120 Å². The molecule has 1 saturated heterocycles. The Bertz CT molecular complexity index is 598. The molecule has 1 fully saturated rings. The number of nitrogens with one attached hydrogen (secondary N) is 1. The number of halogens is 2. The van der Waals surface area contributed by atoms with E-state index in [2.05, 4.69) is 20.4 Å². The Morgan fingerprint density at radius 1 is 1.35 bits per heavy atom. The second-order valence-electron chi connectivity index (χ2n) is 4.67. The lowest BCUT2D eigenvalue weighted by Crippen LogP contribution is -2.43. The second kappa shape index (κ2) is 5.87. The van der Waals surface area contributed by atoms with Crippen LogP contribution in [0.2, 0.25) is 5.02 Å². The van der Waals surface area contributed by atoms with Gasteiger partial charge in [0.2, 0.25) is 0 Å². The highest BCUT2D eigenvalue weighted by Crippen LogP contribution is 2.24. The van der Waals surface area contributed by atoms with Crippen LogP contribution in [0, 0.1) is 5.82 Å². The van der Waals surface area contributed by atoms with Gasteiger partial charge >= 0.3 is 0 Å². The molecule has 0 saturated carbocycles. The summed E-state index contributed by atoms with van der Waals surface area (Å²) in [5.74, 6) is 0.287. The number of benzene rings is 1. The monoisotopic (exact) mass is 296 g/mol. The zero-order valence-corrected chi connectivity index (χ0v) is 11.5. The summed E-state index contributed by atoms with van der Waals surface area (Å²) in [6.07, 6.45) is 0. The molecule has 7 heteroatoms. The van der Waals surface area contributed by atoms with E-state index in [1.807, 2.05) is 0 Å². The molecule has 1 aromatic heterocycles. The van der Waals surface area contributed by atoms with E-state index in [9.17, 15) is 4.39 Å². The average molecular weight is 297 g/mol. The summed E-state index contributed by atoms with van der Waals surface area (Å²) < 4.78 is 18.9. The lowest BCUT2D eigenvalue weighted by molar-refractivity contribution is 0.225. The largest absolute Gasteiger partial charge is 0.334 e. The van der Waals surface area contributed by atoms with Crippen molar-refractivity contribution in [2.45, 2.75) is 6.54 Å². The van der Waals surface area contributed by atoms with Crippen molar-refractivity contribution in [3.63, 3.8) is 0 Å². The second-order valence-corrected chi connectivity index (χ2v) is 5.10. The van der Waals surface area contributed by atoms with E-state index in [-0.39, 0.29) is 11.5 Å². The number of aromatic nitrogens is 2. The van der Waals surface area contributed by atoms with Crippen molar-refractivity contribution in [2.75, 3.05) is 26.2 Å². The van der Waals surface area contributed by atoms with Crippen LogP contribution in [0.5, 0.6) is 0 Å². The SMILES string of the molecule is Fc1cc(Cl)ccc1-c1nc(CN2CCNCC2)no1. The molecule has 20 heavy (non-hydrogen) atoms. The Balaban J connectivity index is 1.75. The van der Waals surface area contributed by atoms with Crippen molar-refractivity contribution in [3.8, 4) is 11.5 Å². The van der Waals surface area contributed by atoms with Gasteiger partial charge in [0.1, 0.15) is 5.82 Å². The summed E-state index contributed by atoms with van der Waals surface area (Å²) in [6, 6.07) is 4.37. The Kier molecular flexibility index (Phi) is 3.95. The highest BCUT2D eigenvalue weighted by molar-refractivity contribution is 6.30. The Hall–Kier alpha value is -1.50. The molecule has 2 aromatic rings. The van der Waals surface area contributed by atoms with Crippen LogP contribution in [0.15, 0.2) is 22.7 Å². The van der Waals surface area contributed by atoms with Gasteiger partial charge in [-0.1, -0.05) is 16.8 Å². The molecule has 0 aliphatic carbocycles. The van der Waals surface area contributed by atoms with Crippen LogP contribution in [-0.4, -0.2) is 41.2 Å². The summed E-state index contributed by atoms with van der Waals surface area (Å²) >= 11 is 5.72. The molecule has 1 aliphatic rings. The molecule has 1 N–H and O–H groups in total. The maximum absolute atomic E-state index is 13.8. The molecule has 0 spiro atoms. The van der Waals surface area contributed by atoms with Gasteiger partial charge in [-0.25, -0.2) is 4.39 Å². The van der Waals surface area contributed by atoms with Crippen molar-refractivity contribution in [1.29, 1.82) is 0 Å². The molecule has 0 atom stereocenters. The minimum atomic E-state index is -0.463. The first-order chi connectivity index (χ1) is 9.72. The zero-order valence-electron chi connectivity index (χ0n) is 10.8. The predicted octanol–water partition coefficient (Wildman–Crippen LogP) is 1.93. The highest BCUT2D eigenvalue weighted by Gasteiger charge is 2.16. The van der Waals surface area contributed by atoms with Crippen molar-refractivity contribution in [3.05, 3.63) is 34.9 Å². The van der Waals surface area contributed by atoms with Crippen LogP contribution < -0.4 is 5.32 Å². The van der Waals surface area contributed by atoms with Crippen molar-refractivity contribution >= 4 is 11.6 Å². The van der Waals surface area contributed by atoms with Crippen LogP contribution in [0.25, 0.3) is 11.5 Å². The number of nitrogens with zero attached hydrogens (tertiary/aromatic N) is 3. The van der Waals surface area contributed by atoms with Gasteiger partial charge in [-0.3, -0.25) is 4.90 Å². The minimum Gasteiger partial charge on any atom is -0.334 e. The van der Waals surface area contributed by atoms with Crippen LogP contribution in [-0.2, 0) is 6.54 Å². The van der Waals surface area contributed by atoms with E-state index in [0.717, 1.165) is 26.2 Å².